The Hall–Kier alpha value is -4.20. The van der Waals surface area contributed by atoms with Gasteiger partial charge >= 0.3 is 6.03 Å². The second kappa shape index (κ2) is 11.0. The predicted octanol–water partition coefficient (Wildman–Crippen LogP) is 7.26. The summed E-state index contributed by atoms with van der Waals surface area (Å²) in [4.78, 5) is 42.5. The number of nitrogens with zero attached hydrogens (tertiary/aromatic N) is 2. The summed E-state index contributed by atoms with van der Waals surface area (Å²) in [5, 5.41) is 0.611. The first-order valence-corrected chi connectivity index (χ1v) is 12.8. The zero-order valence-electron chi connectivity index (χ0n) is 19.9. The second-order valence-corrected chi connectivity index (χ2v) is 9.62. The molecule has 0 radical (unpaired) electrons. The Labute approximate surface area is 232 Å². The average Bonchev–Trinajstić information content (AvgIpc) is 2.93. The van der Waals surface area contributed by atoms with Crippen molar-refractivity contribution in [3.63, 3.8) is 0 Å². The van der Waals surface area contributed by atoms with Crippen LogP contribution in [-0.2, 0) is 16.2 Å². The van der Waals surface area contributed by atoms with Crippen molar-refractivity contribution in [1.82, 2.24) is 0 Å². The molecule has 4 aromatic carbocycles. The summed E-state index contributed by atoms with van der Waals surface area (Å²) >= 11 is 9.73. The molecule has 4 amide bonds. The first-order valence-electron chi connectivity index (χ1n) is 11.6. The lowest BCUT2D eigenvalue weighted by Crippen LogP contribution is -2.57. The van der Waals surface area contributed by atoms with Gasteiger partial charge in [0.15, 0.2) is 0 Å². The summed E-state index contributed by atoms with van der Waals surface area (Å²) in [5.74, 6) is -0.831. The molecule has 1 aliphatic rings. The van der Waals surface area contributed by atoms with E-state index in [2.05, 4.69) is 15.9 Å². The van der Waals surface area contributed by atoms with Crippen molar-refractivity contribution >= 4 is 62.8 Å². The number of rotatable bonds is 6. The molecule has 4 aromatic rings. The van der Waals surface area contributed by atoms with Crippen LogP contribution in [0.5, 0.6) is 5.75 Å². The molecular formula is C30H20BrClN2O4. The van der Waals surface area contributed by atoms with E-state index in [1.54, 1.807) is 84.9 Å². The minimum Gasteiger partial charge on any atom is -0.488 e. The summed E-state index contributed by atoms with van der Waals surface area (Å²) < 4.78 is 6.54. The zero-order chi connectivity index (χ0) is 26.6. The van der Waals surface area contributed by atoms with Gasteiger partial charge in [0, 0.05) is 10.6 Å². The number of hydrogen-bond donors (Lipinski definition) is 0. The highest BCUT2D eigenvalue weighted by molar-refractivity contribution is 9.10. The Balaban J connectivity index is 1.49. The maximum absolute atomic E-state index is 13.5. The molecule has 188 valence electrons. The minimum absolute atomic E-state index is 0.144. The Morgan fingerprint density at radius 2 is 1.29 bits per heavy atom. The number of carbonyl (C=O) groups is 3. The first-order chi connectivity index (χ1) is 18.4. The highest BCUT2D eigenvalue weighted by atomic mass is 79.9. The topological polar surface area (TPSA) is 66.9 Å². The molecule has 0 unspecified atom stereocenters. The van der Waals surface area contributed by atoms with Gasteiger partial charge < -0.3 is 4.74 Å². The van der Waals surface area contributed by atoms with Gasteiger partial charge in [0.2, 0.25) is 0 Å². The number of anilines is 2. The van der Waals surface area contributed by atoms with Gasteiger partial charge in [0.1, 0.15) is 17.9 Å². The molecule has 0 aliphatic carbocycles. The van der Waals surface area contributed by atoms with Crippen LogP contribution in [0.4, 0.5) is 16.2 Å². The van der Waals surface area contributed by atoms with Gasteiger partial charge in [-0.25, -0.2) is 14.6 Å². The fourth-order valence-electron chi connectivity index (χ4n) is 4.00. The molecule has 0 saturated carbocycles. The molecule has 1 heterocycles. The monoisotopic (exact) mass is 586 g/mol. The zero-order valence-corrected chi connectivity index (χ0v) is 22.2. The van der Waals surface area contributed by atoms with Crippen LogP contribution < -0.4 is 14.5 Å². The van der Waals surface area contributed by atoms with Gasteiger partial charge in [-0.3, -0.25) is 9.59 Å². The number of para-hydroxylation sites is 2. The van der Waals surface area contributed by atoms with E-state index >= 15 is 0 Å². The molecule has 1 fully saturated rings. The van der Waals surface area contributed by atoms with Crippen molar-refractivity contribution < 1.29 is 19.1 Å². The van der Waals surface area contributed by atoms with Crippen LogP contribution in [0.25, 0.3) is 6.08 Å². The number of imide groups is 2. The van der Waals surface area contributed by atoms with Gasteiger partial charge in [0.25, 0.3) is 11.8 Å². The standard InChI is InChI=1S/C30H20BrClN2O4/c31-25-18-20(15-16-27(25)38-19-21-9-7-8-14-26(21)32)17-24-28(35)33(22-10-3-1-4-11-22)30(37)34(29(24)36)23-12-5-2-6-13-23/h1-18H,19H2. The molecule has 0 N–H and O–H groups in total. The number of hydrogen-bond acceptors (Lipinski definition) is 4. The van der Waals surface area contributed by atoms with Crippen molar-refractivity contribution in [2.45, 2.75) is 6.61 Å². The van der Waals surface area contributed by atoms with Crippen LogP contribution in [-0.4, -0.2) is 17.8 Å². The molecule has 5 rings (SSSR count). The smallest absolute Gasteiger partial charge is 0.343 e. The van der Waals surface area contributed by atoms with Crippen LogP contribution in [0.2, 0.25) is 5.02 Å². The fraction of sp³-hybridized carbons (Fsp3) is 0.0333. The number of ether oxygens (including phenoxy) is 1. The molecule has 38 heavy (non-hydrogen) atoms. The summed E-state index contributed by atoms with van der Waals surface area (Å²) in [6.45, 7) is 0.274. The fourth-order valence-corrected chi connectivity index (χ4v) is 4.70. The lowest BCUT2D eigenvalue weighted by Gasteiger charge is -2.33. The lowest BCUT2D eigenvalue weighted by atomic mass is 10.0. The van der Waals surface area contributed by atoms with Crippen molar-refractivity contribution in [1.29, 1.82) is 0 Å². The molecule has 0 aromatic heterocycles. The van der Waals surface area contributed by atoms with E-state index in [1.165, 1.54) is 6.08 Å². The molecule has 0 bridgehead atoms. The van der Waals surface area contributed by atoms with E-state index in [-0.39, 0.29) is 12.2 Å². The second-order valence-electron chi connectivity index (χ2n) is 8.36. The Kier molecular flexibility index (Phi) is 7.40. The van der Waals surface area contributed by atoms with Gasteiger partial charge in [-0.05, 0) is 70.0 Å². The highest BCUT2D eigenvalue weighted by Crippen LogP contribution is 2.32. The van der Waals surface area contributed by atoms with Gasteiger partial charge in [0.05, 0.1) is 15.8 Å². The van der Waals surface area contributed by atoms with Crippen LogP contribution in [0.1, 0.15) is 11.1 Å². The third kappa shape index (κ3) is 5.11. The largest absolute Gasteiger partial charge is 0.488 e. The number of carbonyl (C=O) groups excluding carboxylic acids is 3. The molecule has 1 saturated heterocycles. The minimum atomic E-state index is -0.737. The van der Waals surface area contributed by atoms with Crippen molar-refractivity contribution in [2.24, 2.45) is 0 Å². The third-order valence-corrected chi connectivity index (χ3v) is 6.87. The van der Waals surface area contributed by atoms with E-state index in [0.29, 0.717) is 32.2 Å². The van der Waals surface area contributed by atoms with Gasteiger partial charge in [-0.15, -0.1) is 0 Å². The Morgan fingerprint density at radius 1 is 0.737 bits per heavy atom. The summed E-state index contributed by atoms with van der Waals surface area (Å²) in [5.41, 5.74) is 2.01. The van der Waals surface area contributed by atoms with Crippen molar-refractivity contribution in [3.8, 4) is 5.75 Å². The van der Waals surface area contributed by atoms with Gasteiger partial charge in [-0.2, -0.15) is 0 Å². The lowest BCUT2D eigenvalue weighted by molar-refractivity contribution is -0.121. The first kappa shape index (κ1) is 25.4. The SMILES string of the molecule is O=C1C(=Cc2ccc(OCc3ccccc3Cl)c(Br)c2)C(=O)N(c2ccccc2)C(=O)N1c1ccccc1. The normalized spacial score (nSPS) is 13.6. The van der Waals surface area contributed by atoms with E-state index in [0.717, 1.165) is 15.4 Å². The number of halogens is 2. The molecule has 8 heteroatoms. The number of amides is 4. The molecule has 1 aliphatic heterocycles. The van der Waals surface area contributed by atoms with E-state index in [9.17, 15) is 14.4 Å². The number of barbiturate groups is 1. The maximum atomic E-state index is 13.5. The van der Waals surface area contributed by atoms with Crippen LogP contribution in [0.15, 0.2) is 113 Å². The summed E-state index contributed by atoms with van der Waals surface area (Å²) in [7, 11) is 0. The number of urea groups is 1. The quantitative estimate of drug-likeness (QED) is 0.176. The Bertz CT molecular complexity index is 1490. The molecule has 0 spiro atoms. The van der Waals surface area contributed by atoms with E-state index in [1.807, 2.05) is 18.2 Å². The Morgan fingerprint density at radius 3 is 1.84 bits per heavy atom. The predicted molar refractivity (Wildman–Crippen MR) is 151 cm³/mol. The number of benzene rings is 4. The van der Waals surface area contributed by atoms with E-state index in [4.69, 9.17) is 16.3 Å². The average molecular weight is 588 g/mol. The van der Waals surface area contributed by atoms with Crippen molar-refractivity contribution in [2.75, 3.05) is 9.80 Å². The van der Waals surface area contributed by atoms with Gasteiger partial charge in [-0.1, -0.05) is 72.3 Å². The highest BCUT2D eigenvalue weighted by Gasteiger charge is 2.43. The van der Waals surface area contributed by atoms with Crippen molar-refractivity contribution in [3.05, 3.63) is 129 Å². The molecular weight excluding hydrogens is 568 g/mol. The molecule has 0 atom stereocenters. The van der Waals surface area contributed by atoms with Crippen LogP contribution in [0.3, 0.4) is 0 Å². The van der Waals surface area contributed by atoms with Crippen LogP contribution in [0, 0.1) is 0 Å². The van der Waals surface area contributed by atoms with Crippen LogP contribution >= 0.6 is 27.5 Å². The van der Waals surface area contributed by atoms with E-state index < -0.39 is 17.8 Å². The molecule has 6 nitrogen and oxygen atoms in total. The summed E-state index contributed by atoms with van der Waals surface area (Å²) in [6.07, 6.45) is 1.48. The maximum Gasteiger partial charge on any atom is 0.343 e. The summed E-state index contributed by atoms with van der Waals surface area (Å²) in [6, 6.07) is 28.9. The third-order valence-electron chi connectivity index (χ3n) is 5.89.